The second-order valence-corrected chi connectivity index (χ2v) is 13.9. The summed E-state index contributed by atoms with van der Waals surface area (Å²) in [6, 6.07) is 71.5. The molecule has 4 nitrogen and oxygen atoms in total. The largest absolute Gasteiger partial charge is 0.245 e. The second-order valence-electron chi connectivity index (χ2n) is 13.9. The normalized spacial score (nSPS) is 11.2. The number of nitrogens with zero attached hydrogens (tertiary/aromatic N) is 4. The first-order chi connectivity index (χ1) is 27.7. The van der Waals surface area contributed by atoms with Crippen LogP contribution in [0.15, 0.2) is 206 Å². The standard InChI is InChI=1S/C52H34N4/c1-5-13-35(14-6-1)36-21-27-43(28-22-36)52-55-48(39-19-11-4-12-20-39)34-49(56-52)41-25-23-40(24-26-41)47-33-45(37-15-7-2-8-16-37)44-31-29-42-30-32-46(38-17-9-3-10-18-38)53-50(42)51(44)54-47/h1-34H. The van der Waals surface area contributed by atoms with Crippen LogP contribution in [0.3, 0.4) is 0 Å². The highest BCUT2D eigenvalue weighted by Crippen LogP contribution is 2.37. The Morgan fingerprint density at radius 1 is 0.250 bits per heavy atom. The molecule has 0 unspecified atom stereocenters. The molecular formula is C52H34N4. The molecule has 0 N–H and O–H groups in total. The van der Waals surface area contributed by atoms with Gasteiger partial charge in [0.15, 0.2) is 5.82 Å². The Bertz CT molecular complexity index is 2970. The molecule has 262 valence electrons. The first-order valence-corrected chi connectivity index (χ1v) is 18.8. The lowest BCUT2D eigenvalue weighted by Crippen LogP contribution is -1.96. The van der Waals surface area contributed by atoms with Gasteiger partial charge >= 0.3 is 0 Å². The molecule has 10 rings (SSSR count). The van der Waals surface area contributed by atoms with Crippen LogP contribution in [-0.4, -0.2) is 19.9 Å². The average Bonchev–Trinajstić information content (AvgIpc) is 3.29. The predicted molar refractivity (Wildman–Crippen MR) is 231 cm³/mol. The first-order valence-electron chi connectivity index (χ1n) is 18.8. The van der Waals surface area contributed by atoms with Crippen LogP contribution in [0, 0.1) is 0 Å². The highest BCUT2D eigenvalue weighted by molar-refractivity contribution is 6.09. The van der Waals surface area contributed by atoms with Crippen molar-refractivity contribution >= 4 is 21.8 Å². The first kappa shape index (κ1) is 33.0. The summed E-state index contributed by atoms with van der Waals surface area (Å²) < 4.78 is 0. The summed E-state index contributed by atoms with van der Waals surface area (Å²) >= 11 is 0. The summed E-state index contributed by atoms with van der Waals surface area (Å²) in [5.41, 5.74) is 15.0. The van der Waals surface area contributed by atoms with Crippen molar-refractivity contribution in [2.45, 2.75) is 0 Å². The van der Waals surface area contributed by atoms with Gasteiger partial charge in [0.05, 0.1) is 33.8 Å². The molecule has 10 aromatic rings. The third kappa shape index (κ3) is 6.40. The van der Waals surface area contributed by atoms with Crippen molar-refractivity contribution < 1.29 is 0 Å². The number of hydrogen-bond donors (Lipinski definition) is 0. The Kier molecular flexibility index (Phi) is 8.47. The summed E-state index contributed by atoms with van der Waals surface area (Å²) in [6.07, 6.45) is 0. The van der Waals surface area contributed by atoms with E-state index in [0.29, 0.717) is 5.82 Å². The van der Waals surface area contributed by atoms with E-state index in [-0.39, 0.29) is 0 Å². The third-order valence-corrected chi connectivity index (χ3v) is 10.3. The van der Waals surface area contributed by atoms with Gasteiger partial charge in [0, 0.05) is 38.6 Å². The zero-order valence-electron chi connectivity index (χ0n) is 30.4. The SMILES string of the molecule is c1ccc(-c2ccc(-c3nc(-c4ccccc4)cc(-c4ccc(-c5cc(-c6ccccc6)c6ccc7ccc(-c8ccccc8)nc7c6n5)cc4)n3)cc2)cc1. The van der Waals surface area contributed by atoms with Gasteiger partial charge in [-0.1, -0.05) is 188 Å². The molecule has 3 heterocycles. The Morgan fingerprint density at radius 2 is 0.661 bits per heavy atom. The highest BCUT2D eigenvalue weighted by atomic mass is 14.9. The molecule has 0 saturated heterocycles. The molecule has 0 bridgehead atoms. The van der Waals surface area contributed by atoms with E-state index in [1.807, 2.05) is 42.5 Å². The fraction of sp³-hybridized carbons (Fsp3) is 0. The summed E-state index contributed by atoms with van der Waals surface area (Å²) in [6.45, 7) is 0. The van der Waals surface area contributed by atoms with Gasteiger partial charge in [0.25, 0.3) is 0 Å². The van der Waals surface area contributed by atoms with Crippen LogP contribution >= 0.6 is 0 Å². The Balaban J connectivity index is 1.08. The van der Waals surface area contributed by atoms with Crippen LogP contribution in [0.4, 0.5) is 0 Å². The molecule has 0 fully saturated rings. The van der Waals surface area contributed by atoms with E-state index in [4.69, 9.17) is 19.9 Å². The Morgan fingerprint density at radius 3 is 1.25 bits per heavy atom. The van der Waals surface area contributed by atoms with Gasteiger partial charge in [-0.25, -0.2) is 19.9 Å². The van der Waals surface area contributed by atoms with Crippen LogP contribution in [0.25, 0.3) is 100 Å². The number of benzene rings is 7. The van der Waals surface area contributed by atoms with Gasteiger partial charge < -0.3 is 0 Å². The van der Waals surface area contributed by atoms with E-state index in [9.17, 15) is 0 Å². The van der Waals surface area contributed by atoms with E-state index < -0.39 is 0 Å². The van der Waals surface area contributed by atoms with Crippen LogP contribution in [0.1, 0.15) is 0 Å². The number of fused-ring (bicyclic) bond motifs is 3. The summed E-state index contributed by atoms with van der Waals surface area (Å²) in [4.78, 5) is 20.7. The van der Waals surface area contributed by atoms with Crippen molar-refractivity contribution in [2.75, 3.05) is 0 Å². The maximum absolute atomic E-state index is 5.35. The van der Waals surface area contributed by atoms with Gasteiger partial charge in [-0.3, -0.25) is 0 Å². The zero-order chi connectivity index (χ0) is 37.3. The van der Waals surface area contributed by atoms with E-state index in [2.05, 4.69) is 164 Å². The van der Waals surface area contributed by atoms with Crippen molar-refractivity contribution in [3.63, 3.8) is 0 Å². The monoisotopic (exact) mass is 714 g/mol. The second kappa shape index (κ2) is 14.3. The smallest absolute Gasteiger partial charge is 0.160 e. The molecular weight excluding hydrogens is 681 g/mol. The molecule has 7 aromatic carbocycles. The summed E-state index contributed by atoms with van der Waals surface area (Å²) in [5, 5.41) is 2.13. The number of hydrogen-bond acceptors (Lipinski definition) is 4. The molecule has 56 heavy (non-hydrogen) atoms. The van der Waals surface area contributed by atoms with Gasteiger partial charge in [0.1, 0.15) is 0 Å². The van der Waals surface area contributed by atoms with Gasteiger partial charge in [-0.05, 0) is 40.5 Å². The minimum atomic E-state index is 0.683. The van der Waals surface area contributed by atoms with Crippen LogP contribution in [0.5, 0.6) is 0 Å². The van der Waals surface area contributed by atoms with Gasteiger partial charge in [-0.15, -0.1) is 0 Å². The zero-order valence-corrected chi connectivity index (χ0v) is 30.4. The van der Waals surface area contributed by atoms with E-state index >= 15 is 0 Å². The topological polar surface area (TPSA) is 51.6 Å². The number of aromatic nitrogens is 4. The molecule has 0 aliphatic rings. The number of pyridine rings is 2. The van der Waals surface area contributed by atoms with Crippen LogP contribution in [0.2, 0.25) is 0 Å². The molecule has 3 aromatic heterocycles. The Labute approximate surface area is 325 Å². The van der Waals surface area contributed by atoms with Gasteiger partial charge in [0.2, 0.25) is 0 Å². The van der Waals surface area contributed by atoms with E-state index in [0.717, 1.165) is 89.1 Å². The van der Waals surface area contributed by atoms with Crippen LogP contribution in [-0.2, 0) is 0 Å². The summed E-state index contributed by atoms with van der Waals surface area (Å²) in [5.74, 6) is 0.683. The molecule has 0 atom stereocenters. The Hall–Kier alpha value is -7.56. The lowest BCUT2D eigenvalue weighted by atomic mass is 9.96. The van der Waals surface area contributed by atoms with Crippen molar-refractivity contribution in [1.29, 1.82) is 0 Å². The molecule has 0 amide bonds. The minimum absolute atomic E-state index is 0.683. The molecule has 0 spiro atoms. The van der Waals surface area contributed by atoms with E-state index in [1.165, 1.54) is 5.56 Å². The molecule has 0 aliphatic carbocycles. The van der Waals surface area contributed by atoms with Crippen molar-refractivity contribution in [2.24, 2.45) is 0 Å². The quantitative estimate of drug-likeness (QED) is 0.154. The van der Waals surface area contributed by atoms with Crippen LogP contribution < -0.4 is 0 Å². The number of rotatable bonds is 7. The predicted octanol–water partition coefficient (Wildman–Crippen LogP) is 13.2. The average molecular weight is 715 g/mol. The van der Waals surface area contributed by atoms with Crippen molar-refractivity contribution in [3.05, 3.63) is 206 Å². The maximum atomic E-state index is 5.35. The van der Waals surface area contributed by atoms with Crippen molar-refractivity contribution in [1.82, 2.24) is 19.9 Å². The van der Waals surface area contributed by atoms with Crippen molar-refractivity contribution in [3.8, 4) is 78.7 Å². The lowest BCUT2D eigenvalue weighted by Gasteiger charge is -2.13. The van der Waals surface area contributed by atoms with Gasteiger partial charge in [-0.2, -0.15) is 0 Å². The third-order valence-electron chi connectivity index (χ3n) is 10.3. The fourth-order valence-electron chi connectivity index (χ4n) is 7.38. The van der Waals surface area contributed by atoms with E-state index in [1.54, 1.807) is 0 Å². The highest BCUT2D eigenvalue weighted by Gasteiger charge is 2.16. The molecule has 4 heteroatoms. The summed E-state index contributed by atoms with van der Waals surface area (Å²) in [7, 11) is 0. The fourth-order valence-corrected chi connectivity index (χ4v) is 7.38. The minimum Gasteiger partial charge on any atom is -0.245 e. The molecule has 0 radical (unpaired) electrons. The maximum Gasteiger partial charge on any atom is 0.160 e. The molecule has 0 saturated carbocycles. The lowest BCUT2D eigenvalue weighted by molar-refractivity contribution is 1.18. The molecule has 0 aliphatic heterocycles.